The van der Waals surface area contributed by atoms with Crippen molar-refractivity contribution in [2.75, 3.05) is 12.3 Å². The summed E-state index contributed by atoms with van der Waals surface area (Å²) < 4.78 is 0. The van der Waals surface area contributed by atoms with Gasteiger partial charge in [0, 0.05) is 16.2 Å². The number of hydrogen-bond donors (Lipinski definition) is 3. The number of aliphatic hydroxyl groups excluding tert-OH is 1. The van der Waals surface area contributed by atoms with Gasteiger partial charge < -0.3 is 15.9 Å². The molecule has 0 saturated heterocycles. The number of thioether (sulfide) groups is 1. The monoisotopic (exact) mass is 323 g/mol. The molecule has 3 nitrogen and oxygen atoms in total. The number of aliphatic hydroxyl groups is 1. The number of phenolic OH excluding ortho intramolecular Hbond substituents is 1. The van der Waals surface area contributed by atoms with E-state index in [2.05, 4.69) is 0 Å². The van der Waals surface area contributed by atoms with Gasteiger partial charge in [0.2, 0.25) is 0 Å². The molecule has 0 amide bonds. The second-order valence-electron chi connectivity index (χ2n) is 6.34. The number of phenols is 1. The molecule has 1 aliphatic rings. The SMILES string of the molecule is NCCC(O)c1cc(SCC2CCCCCCC2)ccc1O. The van der Waals surface area contributed by atoms with E-state index in [0.717, 1.165) is 16.6 Å². The van der Waals surface area contributed by atoms with Crippen LogP contribution in [0.4, 0.5) is 0 Å². The Hall–Kier alpha value is -0.710. The van der Waals surface area contributed by atoms with Crippen LogP contribution in [0.3, 0.4) is 0 Å². The van der Waals surface area contributed by atoms with E-state index in [1.807, 2.05) is 23.9 Å². The van der Waals surface area contributed by atoms with Gasteiger partial charge in [-0.15, -0.1) is 11.8 Å². The average molecular weight is 324 g/mol. The van der Waals surface area contributed by atoms with Crippen LogP contribution in [-0.4, -0.2) is 22.5 Å². The van der Waals surface area contributed by atoms with Crippen LogP contribution >= 0.6 is 11.8 Å². The van der Waals surface area contributed by atoms with E-state index in [4.69, 9.17) is 5.73 Å². The minimum atomic E-state index is -0.674. The van der Waals surface area contributed by atoms with Gasteiger partial charge in [-0.3, -0.25) is 0 Å². The van der Waals surface area contributed by atoms with Crippen molar-refractivity contribution in [1.29, 1.82) is 0 Å². The van der Waals surface area contributed by atoms with Crippen molar-refractivity contribution in [1.82, 2.24) is 0 Å². The van der Waals surface area contributed by atoms with Crippen LogP contribution in [0.1, 0.15) is 63.0 Å². The molecule has 0 radical (unpaired) electrons. The third kappa shape index (κ3) is 5.49. The van der Waals surface area contributed by atoms with Gasteiger partial charge in [0.15, 0.2) is 0 Å². The number of nitrogens with two attached hydrogens (primary N) is 1. The molecule has 1 aromatic rings. The third-order valence-electron chi connectivity index (χ3n) is 4.51. The van der Waals surface area contributed by atoms with E-state index in [9.17, 15) is 10.2 Å². The molecule has 1 fully saturated rings. The smallest absolute Gasteiger partial charge is 0.121 e. The van der Waals surface area contributed by atoms with Crippen molar-refractivity contribution < 1.29 is 10.2 Å². The lowest BCUT2D eigenvalue weighted by molar-refractivity contribution is 0.166. The van der Waals surface area contributed by atoms with Crippen molar-refractivity contribution in [3.63, 3.8) is 0 Å². The molecule has 1 atom stereocenters. The van der Waals surface area contributed by atoms with Gasteiger partial charge in [-0.2, -0.15) is 0 Å². The quantitative estimate of drug-likeness (QED) is 0.686. The Bertz CT molecular complexity index is 445. The van der Waals surface area contributed by atoms with Crippen molar-refractivity contribution >= 4 is 11.8 Å². The highest BCUT2D eigenvalue weighted by Gasteiger charge is 2.15. The first kappa shape index (κ1) is 17.6. The van der Waals surface area contributed by atoms with Gasteiger partial charge >= 0.3 is 0 Å². The van der Waals surface area contributed by atoms with Crippen molar-refractivity contribution in [2.24, 2.45) is 11.7 Å². The van der Waals surface area contributed by atoms with Crippen LogP contribution in [0.25, 0.3) is 0 Å². The molecule has 124 valence electrons. The molecular formula is C18H29NO2S. The predicted octanol–water partition coefficient (Wildman–Crippen LogP) is 4.23. The summed E-state index contributed by atoms with van der Waals surface area (Å²) in [6.07, 6.45) is 9.38. The molecule has 0 spiro atoms. The van der Waals surface area contributed by atoms with Crippen molar-refractivity contribution in [3.05, 3.63) is 23.8 Å². The minimum absolute atomic E-state index is 0.163. The van der Waals surface area contributed by atoms with Gasteiger partial charge in [0.05, 0.1) is 6.10 Å². The zero-order valence-corrected chi connectivity index (χ0v) is 14.2. The Morgan fingerprint density at radius 2 is 1.82 bits per heavy atom. The lowest BCUT2D eigenvalue weighted by Crippen LogP contribution is -2.07. The maximum atomic E-state index is 10.1. The van der Waals surface area contributed by atoms with E-state index >= 15 is 0 Å². The predicted molar refractivity (Wildman–Crippen MR) is 93.3 cm³/mol. The Morgan fingerprint density at radius 3 is 2.50 bits per heavy atom. The molecular weight excluding hydrogens is 294 g/mol. The lowest BCUT2D eigenvalue weighted by atomic mass is 9.93. The van der Waals surface area contributed by atoms with E-state index < -0.39 is 6.10 Å². The van der Waals surface area contributed by atoms with Gasteiger partial charge in [-0.1, -0.05) is 32.1 Å². The Morgan fingerprint density at radius 1 is 1.14 bits per heavy atom. The molecule has 0 aliphatic heterocycles. The zero-order chi connectivity index (χ0) is 15.8. The zero-order valence-electron chi connectivity index (χ0n) is 13.3. The van der Waals surface area contributed by atoms with E-state index in [1.54, 1.807) is 6.07 Å². The molecule has 4 heteroatoms. The Kier molecular flexibility index (Phi) is 7.56. The highest BCUT2D eigenvalue weighted by Crippen LogP contribution is 2.33. The summed E-state index contributed by atoms with van der Waals surface area (Å²) in [5, 5.41) is 20.0. The molecule has 1 saturated carbocycles. The molecule has 2 rings (SSSR count). The topological polar surface area (TPSA) is 66.5 Å². The second kappa shape index (κ2) is 9.43. The summed E-state index contributed by atoms with van der Waals surface area (Å²) in [6.45, 7) is 0.417. The van der Waals surface area contributed by atoms with E-state index in [-0.39, 0.29) is 5.75 Å². The molecule has 22 heavy (non-hydrogen) atoms. The van der Waals surface area contributed by atoms with Crippen LogP contribution in [0.15, 0.2) is 23.1 Å². The first-order chi connectivity index (χ1) is 10.7. The van der Waals surface area contributed by atoms with Crippen molar-refractivity contribution in [2.45, 2.75) is 62.4 Å². The first-order valence-electron chi connectivity index (χ1n) is 8.54. The largest absolute Gasteiger partial charge is 0.508 e. The molecule has 1 aliphatic carbocycles. The van der Waals surface area contributed by atoms with Crippen LogP contribution < -0.4 is 5.73 Å². The summed E-state index contributed by atoms with van der Waals surface area (Å²) >= 11 is 1.85. The van der Waals surface area contributed by atoms with Gasteiger partial charge in [-0.25, -0.2) is 0 Å². The summed E-state index contributed by atoms with van der Waals surface area (Å²) in [5.74, 6) is 2.10. The lowest BCUT2D eigenvalue weighted by Gasteiger charge is -2.19. The molecule has 0 heterocycles. The van der Waals surface area contributed by atoms with E-state index in [1.165, 1.54) is 44.9 Å². The maximum absolute atomic E-state index is 10.1. The Labute approximate surface area is 138 Å². The minimum Gasteiger partial charge on any atom is -0.508 e. The van der Waals surface area contributed by atoms with Gasteiger partial charge in [0.1, 0.15) is 5.75 Å². The van der Waals surface area contributed by atoms with Crippen LogP contribution in [0.2, 0.25) is 0 Å². The van der Waals surface area contributed by atoms with E-state index in [0.29, 0.717) is 18.5 Å². The normalized spacial score (nSPS) is 18.6. The van der Waals surface area contributed by atoms with Gasteiger partial charge in [-0.05, 0) is 49.9 Å². The molecule has 1 aromatic carbocycles. The third-order valence-corrected chi connectivity index (χ3v) is 5.73. The standard InChI is InChI=1S/C18H29NO2S/c19-11-10-18(21)16-12-15(8-9-17(16)20)22-13-14-6-4-2-1-3-5-7-14/h8-9,12,14,18,20-21H,1-7,10-11,13,19H2. The molecule has 4 N–H and O–H groups in total. The van der Waals surface area contributed by atoms with Gasteiger partial charge in [0.25, 0.3) is 0 Å². The Balaban J connectivity index is 1.92. The average Bonchev–Trinajstić information content (AvgIpc) is 2.47. The number of rotatable bonds is 6. The van der Waals surface area contributed by atoms with Crippen LogP contribution in [0, 0.1) is 5.92 Å². The summed E-state index contributed by atoms with van der Waals surface area (Å²) in [7, 11) is 0. The van der Waals surface area contributed by atoms with Crippen LogP contribution in [0.5, 0.6) is 5.75 Å². The highest BCUT2D eigenvalue weighted by atomic mass is 32.2. The fourth-order valence-corrected chi connectivity index (χ4v) is 4.26. The summed E-state index contributed by atoms with van der Waals surface area (Å²) in [6, 6.07) is 5.56. The summed E-state index contributed by atoms with van der Waals surface area (Å²) in [4.78, 5) is 1.13. The highest BCUT2D eigenvalue weighted by molar-refractivity contribution is 7.99. The summed E-state index contributed by atoms with van der Waals surface area (Å²) in [5.41, 5.74) is 6.10. The van der Waals surface area contributed by atoms with Crippen LogP contribution in [-0.2, 0) is 0 Å². The van der Waals surface area contributed by atoms with Crippen molar-refractivity contribution in [3.8, 4) is 5.75 Å². The molecule has 0 aromatic heterocycles. The number of hydrogen-bond acceptors (Lipinski definition) is 4. The maximum Gasteiger partial charge on any atom is 0.121 e. The molecule has 1 unspecified atom stereocenters. The fraction of sp³-hybridized carbons (Fsp3) is 0.667. The molecule has 0 bridgehead atoms. The number of aromatic hydroxyl groups is 1. The number of benzene rings is 1. The fourth-order valence-electron chi connectivity index (χ4n) is 3.12. The first-order valence-corrected chi connectivity index (χ1v) is 9.53. The second-order valence-corrected chi connectivity index (χ2v) is 7.43.